The first-order chi connectivity index (χ1) is 10.1. The normalized spacial score (nSPS) is 13.1. The van der Waals surface area contributed by atoms with Crippen LogP contribution in [0.4, 0.5) is 5.69 Å². The highest BCUT2D eigenvalue weighted by Crippen LogP contribution is 2.38. The molecule has 0 amide bonds. The molecule has 1 heterocycles. The first-order valence-corrected chi connectivity index (χ1v) is 7.54. The lowest BCUT2D eigenvalue weighted by Crippen LogP contribution is -2.15. The third kappa shape index (κ3) is 3.15. The van der Waals surface area contributed by atoms with Crippen molar-refractivity contribution in [2.45, 2.75) is 6.54 Å². The Balaban J connectivity index is 1.82. The van der Waals surface area contributed by atoms with Crippen molar-refractivity contribution in [2.24, 2.45) is 0 Å². The molecule has 0 unspecified atom stereocenters. The van der Waals surface area contributed by atoms with E-state index in [1.165, 1.54) is 0 Å². The quantitative estimate of drug-likeness (QED) is 0.847. The maximum atomic E-state index is 6.24. The molecule has 1 aliphatic heterocycles. The van der Waals surface area contributed by atoms with Gasteiger partial charge in [0.15, 0.2) is 11.5 Å². The number of rotatable bonds is 3. The summed E-state index contributed by atoms with van der Waals surface area (Å²) in [6.07, 6.45) is 0. The molecule has 3 nitrogen and oxygen atoms in total. The molecule has 110 valence electrons. The van der Waals surface area contributed by atoms with E-state index < -0.39 is 0 Å². The Hall–Kier alpha value is -1.29. The minimum atomic E-state index is 0.470. The van der Waals surface area contributed by atoms with E-state index in [0.717, 1.165) is 11.3 Å². The van der Waals surface area contributed by atoms with Crippen LogP contribution in [0.15, 0.2) is 30.3 Å². The first kappa shape index (κ1) is 14.6. The number of benzene rings is 2. The van der Waals surface area contributed by atoms with Gasteiger partial charge in [0.05, 0.1) is 10.7 Å². The number of fused-ring (bicyclic) bond motifs is 1. The van der Waals surface area contributed by atoms with Crippen LogP contribution in [0.1, 0.15) is 5.56 Å². The molecule has 0 fully saturated rings. The molecule has 21 heavy (non-hydrogen) atoms. The van der Waals surface area contributed by atoms with Crippen molar-refractivity contribution >= 4 is 40.5 Å². The zero-order chi connectivity index (χ0) is 14.8. The van der Waals surface area contributed by atoms with Crippen LogP contribution >= 0.6 is 34.8 Å². The largest absolute Gasteiger partial charge is 0.486 e. The van der Waals surface area contributed by atoms with Crippen molar-refractivity contribution in [3.8, 4) is 11.5 Å². The third-order valence-corrected chi connectivity index (χ3v) is 4.17. The van der Waals surface area contributed by atoms with Gasteiger partial charge in [0.2, 0.25) is 0 Å². The minimum Gasteiger partial charge on any atom is -0.486 e. The van der Waals surface area contributed by atoms with Gasteiger partial charge in [-0.15, -0.1) is 0 Å². The van der Waals surface area contributed by atoms with Crippen LogP contribution in [-0.4, -0.2) is 13.2 Å². The molecule has 1 N–H and O–H groups in total. The fourth-order valence-electron chi connectivity index (χ4n) is 2.08. The highest BCUT2D eigenvalue weighted by molar-refractivity contribution is 6.36. The van der Waals surface area contributed by atoms with Crippen LogP contribution in [0.5, 0.6) is 11.5 Å². The molecular formula is C15H12Cl3NO2. The average molecular weight is 345 g/mol. The summed E-state index contributed by atoms with van der Waals surface area (Å²) >= 11 is 18.5. The van der Waals surface area contributed by atoms with Gasteiger partial charge in [0, 0.05) is 34.3 Å². The van der Waals surface area contributed by atoms with Crippen LogP contribution in [0.2, 0.25) is 15.1 Å². The Labute approximate surface area is 137 Å². The van der Waals surface area contributed by atoms with Gasteiger partial charge in [-0.1, -0.05) is 40.9 Å². The summed E-state index contributed by atoms with van der Waals surface area (Å²) in [5, 5.41) is 5.01. The van der Waals surface area contributed by atoms with Gasteiger partial charge in [0.25, 0.3) is 0 Å². The first-order valence-electron chi connectivity index (χ1n) is 6.41. The predicted molar refractivity (Wildman–Crippen MR) is 86.2 cm³/mol. The van der Waals surface area contributed by atoms with Gasteiger partial charge < -0.3 is 14.8 Å². The lowest BCUT2D eigenvalue weighted by Gasteiger charge is -2.20. The molecule has 2 aromatic carbocycles. The molecule has 3 rings (SSSR count). The van der Waals surface area contributed by atoms with Crippen molar-refractivity contribution in [3.05, 3.63) is 51.0 Å². The Morgan fingerprint density at radius 2 is 1.52 bits per heavy atom. The molecule has 6 heteroatoms. The van der Waals surface area contributed by atoms with Crippen molar-refractivity contribution < 1.29 is 9.47 Å². The predicted octanol–water partition coefficient (Wildman–Crippen LogP) is 5.03. The molecule has 0 aromatic heterocycles. The molecule has 0 aliphatic carbocycles. The SMILES string of the molecule is Clc1cc2c(cc1NCc1c(Cl)cccc1Cl)OCCO2. The zero-order valence-corrected chi connectivity index (χ0v) is 13.2. The van der Waals surface area contributed by atoms with E-state index in [4.69, 9.17) is 44.3 Å². The smallest absolute Gasteiger partial charge is 0.163 e. The maximum Gasteiger partial charge on any atom is 0.163 e. The van der Waals surface area contributed by atoms with Gasteiger partial charge in [-0.2, -0.15) is 0 Å². The maximum absolute atomic E-state index is 6.24. The molecule has 0 atom stereocenters. The second-order valence-corrected chi connectivity index (χ2v) is 5.75. The van der Waals surface area contributed by atoms with Gasteiger partial charge in [-0.25, -0.2) is 0 Å². The summed E-state index contributed by atoms with van der Waals surface area (Å²) in [5.74, 6) is 1.34. The molecule has 2 aromatic rings. The highest BCUT2D eigenvalue weighted by Gasteiger charge is 2.15. The van der Waals surface area contributed by atoms with Crippen LogP contribution < -0.4 is 14.8 Å². The molecule has 0 bridgehead atoms. The van der Waals surface area contributed by atoms with Crippen LogP contribution in [-0.2, 0) is 6.54 Å². The van der Waals surface area contributed by atoms with Crippen molar-refractivity contribution in [1.82, 2.24) is 0 Å². The fourth-order valence-corrected chi connectivity index (χ4v) is 2.84. The second-order valence-electron chi connectivity index (χ2n) is 4.53. The van der Waals surface area contributed by atoms with E-state index >= 15 is 0 Å². The standard InChI is InChI=1S/C15H12Cl3NO2/c16-10-2-1-3-11(17)9(10)8-19-13-7-15-14(6-12(13)18)20-4-5-21-15/h1-3,6-7,19H,4-5,8H2. The van der Waals surface area contributed by atoms with Crippen LogP contribution in [0.3, 0.4) is 0 Å². The molecule has 0 saturated heterocycles. The lowest BCUT2D eigenvalue weighted by atomic mass is 10.2. The Kier molecular flexibility index (Phi) is 4.34. The van der Waals surface area contributed by atoms with Crippen molar-refractivity contribution in [3.63, 3.8) is 0 Å². The summed E-state index contributed by atoms with van der Waals surface area (Å²) in [5.41, 5.74) is 1.57. The van der Waals surface area contributed by atoms with Gasteiger partial charge >= 0.3 is 0 Å². The monoisotopic (exact) mass is 343 g/mol. The van der Waals surface area contributed by atoms with Gasteiger partial charge in [0.1, 0.15) is 13.2 Å². The molecular weight excluding hydrogens is 333 g/mol. The fraction of sp³-hybridized carbons (Fsp3) is 0.200. The minimum absolute atomic E-state index is 0.470. The van der Waals surface area contributed by atoms with Crippen molar-refractivity contribution in [1.29, 1.82) is 0 Å². The Morgan fingerprint density at radius 3 is 2.19 bits per heavy atom. The third-order valence-electron chi connectivity index (χ3n) is 3.15. The number of nitrogens with one attached hydrogen (secondary N) is 1. The second kappa shape index (κ2) is 6.22. The average Bonchev–Trinajstić information content (AvgIpc) is 2.47. The van der Waals surface area contributed by atoms with E-state index in [2.05, 4.69) is 5.32 Å². The Bertz CT molecular complexity index is 656. The number of anilines is 1. The zero-order valence-electron chi connectivity index (χ0n) is 11.0. The highest BCUT2D eigenvalue weighted by atomic mass is 35.5. The molecule has 0 spiro atoms. The molecule has 0 saturated carbocycles. The van der Waals surface area contributed by atoms with E-state index in [-0.39, 0.29) is 0 Å². The van der Waals surface area contributed by atoms with E-state index in [9.17, 15) is 0 Å². The molecule has 0 radical (unpaired) electrons. The summed E-state index contributed by atoms with van der Waals surface area (Å²) in [6, 6.07) is 8.98. The van der Waals surface area contributed by atoms with Crippen molar-refractivity contribution in [2.75, 3.05) is 18.5 Å². The van der Waals surface area contributed by atoms with E-state index in [1.54, 1.807) is 18.2 Å². The summed E-state index contributed by atoms with van der Waals surface area (Å²) in [4.78, 5) is 0. The number of ether oxygens (including phenoxy) is 2. The van der Waals surface area contributed by atoms with Gasteiger partial charge in [-0.3, -0.25) is 0 Å². The lowest BCUT2D eigenvalue weighted by molar-refractivity contribution is 0.171. The number of hydrogen-bond donors (Lipinski definition) is 1. The number of hydrogen-bond acceptors (Lipinski definition) is 3. The van der Waals surface area contributed by atoms with Gasteiger partial charge in [-0.05, 0) is 12.1 Å². The van der Waals surface area contributed by atoms with E-state index in [1.807, 2.05) is 12.1 Å². The Morgan fingerprint density at radius 1 is 0.905 bits per heavy atom. The topological polar surface area (TPSA) is 30.5 Å². The van der Waals surface area contributed by atoms with E-state index in [0.29, 0.717) is 46.3 Å². The molecule has 1 aliphatic rings. The van der Waals surface area contributed by atoms with Crippen LogP contribution in [0.25, 0.3) is 0 Å². The summed E-state index contributed by atoms with van der Waals surface area (Å²) in [7, 11) is 0. The van der Waals surface area contributed by atoms with Crippen LogP contribution in [0, 0.1) is 0 Å². The summed E-state index contributed by atoms with van der Waals surface area (Å²) < 4.78 is 11.0. The number of halogens is 3. The summed E-state index contributed by atoms with van der Waals surface area (Å²) in [6.45, 7) is 1.54.